The molecular formula is C22H25NO5. The summed E-state index contributed by atoms with van der Waals surface area (Å²) in [6, 6.07) is 16.4. The van der Waals surface area contributed by atoms with Crippen LogP contribution >= 0.6 is 0 Å². The smallest absolute Gasteiger partial charge is 0.407 e. The monoisotopic (exact) mass is 383 g/mol. The second kappa shape index (κ2) is 9.92. The molecule has 0 atom stereocenters. The van der Waals surface area contributed by atoms with Gasteiger partial charge in [-0.15, -0.1) is 0 Å². The van der Waals surface area contributed by atoms with Gasteiger partial charge in [-0.2, -0.15) is 0 Å². The number of nitrogens with one attached hydrogen (secondary N) is 1. The number of carbonyl (C=O) groups is 1. The molecule has 148 valence electrons. The van der Waals surface area contributed by atoms with Crippen LogP contribution in [0.3, 0.4) is 0 Å². The fourth-order valence-corrected chi connectivity index (χ4v) is 3.28. The highest BCUT2D eigenvalue weighted by molar-refractivity contribution is 5.79. The van der Waals surface area contributed by atoms with Crippen LogP contribution in [0, 0.1) is 0 Å². The number of hydrogen-bond acceptors (Lipinski definition) is 5. The number of ether oxygens (including phenoxy) is 3. The molecule has 0 heterocycles. The molecule has 2 aromatic rings. The van der Waals surface area contributed by atoms with E-state index in [1.165, 1.54) is 22.3 Å². The Balaban J connectivity index is 1.39. The van der Waals surface area contributed by atoms with Gasteiger partial charge < -0.3 is 24.6 Å². The molecule has 3 rings (SSSR count). The van der Waals surface area contributed by atoms with E-state index in [0.29, 0.717) is 33.0 Å². The van der Waals surface area contributed by atoms with E-state index in [2.05, 4.69) is 36.2 Å². The van der Waals surface area contributed by atoms with Gasteiger partial charge in [-0.1, -0.05) is 55.1 Å². The summed E-state index contributed by atoms with van der Waals surface area (Å²) in [4.78, 5) is 12.0. The number of carbonyl (C=O) groups excluding carboxylic acids is 1. The van der Waals surface area contributed by atoms with Crippen molar-refractivity contribution in [2.75, 3.05) is 39.6 Å². The Labute approximate surface area is 164 Å². The maximum absolute atomic E-state index is 12.0. The summed E-state index contributed by atoms with van der Waals surface area (Å²) in [5.74, 6) is 0.0322. The Morgan fingerprint density at radius 3 is 2.21 bits per heavy atom. The molecule has 0 aliphatic heterocycles. The van der Waals surface area contributed by atoms with E-state index in [9.17, 15) is 4.79 Å². The summed E-state index contributed by atoms with van der Waals surface area (Å²) in [6.45, 7) is 5.14. The zero-order valence-electron chi connectivity index (χ0n) is 15.7. The Bertz CT molecular complexity index is 775. The number of fused-ring (bicyclic) bond motifs is 3. The standard InChI is InChI=1S/C22H25NO5/c1-16(24)14-27-13-12-26-11-10-23-22(25)28-15-21-19-8-4-2-6-17(19)18-7-3-5-9-20(18)21/h2-9,21,24H,1,10-15H2,(H,23,25). The Morgan fingerprint density at radius 1 is 0.964 bits per heavy atom. The molecule has 6 heteroatoms. The number of rotatable bonds is 10. The first kappa shape index (κ1) is 19.9. The first-order valence-electron chi connectivity index (χ1n) is 9.28. The largest absolute Gasteiger partial charge is 0.510 e. The molecule has 2 aromatic carbocycles. The molecular weight excluding hydrogens is 358 g/mol. The van der Waals surface area contributed by atoms with E-state index in [1.54, 1.807) is 0 Å². The van der Waals surface area contributed by atoms with Crippen molar-refractivity contribution in [2.24, 2.45) is 0 Å². The second-order valence-corrected chi connectivity index (χ2v) is 6.48. The molecule has 1 aliphatic rings. The molecule has 0 unspecified atom stereocenters. The Hall–Kier alpha value is -2.83. The van der Waals surface area contributed by atoms with Crippen molar-refractivity contribution in [3.05, 3.63) is 72.0 Å². The molecule has 0 fully saturated rings. The number of amides is 1. The summed E-state index contributed by atoms with van der Waals surface area (Å²) < 4.78 is 15.9. The number of aliphatic hydroxyl groups excluding tert-OH is 1. The number of benzene rings is 2. The predicted octanol–water partition coefficient (Wildman–Crippen LogP) is 3.63. The zero-order valence-corrected chi connectivity index (χ0v) is 15.7. The summed E-state index contributed by atoms with van der Waals surface area (Å²) in [7, 11) is 0. The lowest BCUT2D eigenvalue weighted by Crippen LogP contribution is -2.29. The van der Waals surface area contributed by atoms with E-state index < -0.39 is 6.09 Å². The van der Waals surface area contributed by atoms with Gasteiger partial charge in [0.1, 0.15) is 19.0 Å². The van der Waals surface area contributed by atoms with Gasteiger partial charge in [-0.25, -0.2) is 4.79 Å². The van der Waals surface area contributed by atoms with Gasteiger partial charge in [0.15, 0.2) is 0 Å². The van der Waals surface area contributed by atoms with E-state index >= 15 is 0 Å². The molecule has 1 aliphatic carbocycles. The highest BCUT2D eigenvalue weighted by Crippen LogP contribution is 2.44. The van der Waals surface area contributed by atoms with Gasteiger partial charge in [-0.05, 0) is 22.3 Å². The van der Waals surface area contributed by atoms with E-state index in [1.807, 2.05) is 24.3 Å². The molecule has 0 radical (unpaired) electrons. The Morgan fingerprint density at radius 2 is 1.57 bits per heavy atom. The lowest BCUT2D eigenvalue weighted by atomic mass is 9.98. The molecule has 0 bridgehead atoms. The molecule has 2 N–H and O–H groups in total. The maximum atomic E-state index is 12.0. The fourth-order valence-electron chi connectivity index (χ4n) is 3.28. The summed E-state index contributed by atoms with van der Waals surface area (Å²) in [6.07, 6.45) is -0.460. The van der Waals surface area contributed by atoms with Crippen LogP contribution in [0.15, 0.2) is 60.9 Å². The van der Waals surface area contributed by atoms with Gasteiger partial charge in [0, 0.05) is 12.5 Å². The molecule has 0 aromatic heterocycles. The third kappa shape index (κ3) is 5.12. The topological polar surface area (TPSA) is 77.0 Å². The SMILES string of the molecule is C=C(O)COCCOCCNC(=O)OCC1c2ccccc2-c2ccccc21. The minimum atomic E-state index is -0.460. The van der Waals surface area contributed by atoms with E-state index in [0.717, 1.165) is 0 Å². The van der Waals surface area contributed by atoms with Crippen LogP contribution in [0.1, 0.15) is 17.0 Å². The number of aliphatic hydroxyl groups is 1. The number of hydrogen-bond donors (Lipinski definition) is 2. The van der Waals surface area contributed by atoms with Crippen LogP contribution in [0.5, 0.6) is 0 Å². The molecule has 0 saturated heterocycles. The van der Waals surface area contributed by atoms with E-state index in [4.69, 9.17) is 19.3 Å². The highest BCUT2D eigenvalue weighted by atomic mass is 16.6. The lowest BCUT2D eigenvalue weighted by molar-refractivity contribution is 0.0482. The van der Waals surface area contributed by atoms with Gasteiger partial charge in [-0.3, -0.25) is 0 Å². The molecule has 28 heavy (non-hydrogen) atoms. The van der Waals surface area contributed by atoms with Crippen molar-refractivity contribution in [1.82, 2.24) is 5.32 Å². The van der Waals surface area contributed by atoms with Gasteiger partial charge in [0.2, 0.25) is 0 Å². The van der Waals surface area contributed by atoms with Crippen LogP contribution < -0.4 is 5.32 Å². The van der Waals surface area contributed by atoms with Crippen molar-refractivity contribution in [1.29, 1.82) is 0 Å². The first-order chi connectivity index (χ1) is 13.7. The van der Waals surface area contributed by atoms with E-state index in [-0.39, 0.29) is 18.3 Å². The van der Waals surface area contributed by atoms with Crippen molar-refractivity contribution in [3.63, 3.8) is 0 Å². The summed E-state index contributed by atoms with van der Waals surface area (Å²) in [5.41, 5.74) is 4.77. The average molecular weight is 383 g/mol. The molecule has 0 saturated carbocycles. The van der Waals surface area contributed by atoms with Crippen molar-refractivity contribution in [2.45, 2.75) is 5.92 Å². The minimum Gasteiger partial charge on any atom is -0.510 e. The van der Waals surface area contributed by atoms with Crippen LogP contribution in [-0.2, 0) is 14.2 Å². The van der Waals surface area contributed by atoms with Crippen molar-refractivity contribution < 1.29 is 24.1 Å². The molecule has 0 spiro atoms. The van der Waals surface area contributed by atoms with Crippen LogP contribution in [-0.4, -0.2) is 50.8 Å². The summed E-state index contributed by atoms with van der Waals surface area (Å²) >= 11 is 0. The minimum absolute atomic E-state index is 0.0167. The van der Waals surface area contributed by atoms with Crippen molar-refractivity contribution in [3.8, 4) is 11.1 Å². The third-order valence-electron chi connectivity index (χ3n) is 4.50. The quantitative estimate of drug-likeness (QED) is 0.484. The fraction of sp³-hybridized carbons (Fsp3) is 0.318. The summed E-state index contributed by atoms with van der Waals surface area (Å²) in [5, 5.41) is 11.6. The number of alkyl carbamates (subject to hydrolysis) is 1. The highest BCUT2D eigenvalue weighted by Gasteiger charge is 2.28. The van der Waals surface area contributed by atoms with Gasteiger partial charge >= 0.3 is 6.09 Å². The molecule has 6 nitrogen and oxygen atoms in total. The third-order valence-corrected chi connectivity index (χ3v) is 4.50. The van der Waals surface area contributed by atoms with Crippen LogP contribution in [0.4, 0.5) is 4.79 Å². The lowest BCUT2D eigenvalue weighted by Gasteiger charge is -2.14. The van der Waals surface area contributed by atoms with Crippen molar-refractivity contribution >= 4 is 6.09 Å². The predicted molar refractivity (Wildman–Crippen MR) is 106 cm³/mol. The second-order valence-electron chi connectivity index (χ2n) is 6.48. The van der Waals surface area contributed by atoms with Crippen LogP contribution in [0.25, 0.3) is 11.1 Å². The van der Waals surface area contributed by atoms with Crippen LogP contribution in [0.2, 0.25) is 0 Å². The normalized spacial score (nSPS) is 12.3. The Kier molecular flexibility index (Phi) is 7.06. The molecule has 1 amide bonds. The first-order valence-corrected chi connectivity index (χ1v) is 9.28. The van der Waals surface area contributed by atoms with Gasteiger partial charge in [0.05, 0.1) is 19.8 Å². The average Bonchev–Trinajstić information content (AvgIpc) is 3.02. The zero-order chi connectivity index (χ0) is 19.8. The maximum Gasteiger partial charge on any atom is 0.407 e. The van der Waals surface area contributed by atoms with Gasteiger partial charge in [0.25, 0.3) is 0 Å².